The predicted octanol–water partition coefficient (Wildman–Crippen LogP) is -1.32. The largest absolute Gasteiger partial charge is 0.394 e. The molecular formula is C14H20N4O5. The van der Waals surface area contributed by atoms with E-state index in [2.05, 4.69) is 9.97 Å². The minimum Gasteiger partial charge on any atom is -0.394 e. The van der Waals surface area contributed by atoms with Gasteiger partial charge in [0.05, 0.1) is 18.1 Å². The number of rotatable bonds is 2. The average Bonchev–Trinajstić information content (AvgIpc) is 2.80. The molecule has 6 N–H and O–H groups in total. The highest BCUT2D eigenvalue weighted by Crippen LogP contribution is 2.32. The van der Waals surface area contributed by atoms with Gasteiger partial charge in [-0.3, -0.25) is 0 Å². The summed E-state index contributed by atoms with van der Waals surface area (Å²) in [7, 11) is 0. The van der Waals surface area contributed by atoms with Gasteiger partial charge in [0.1, 0.15) is 36.1 Å². The lowest BCUT2D eigenvalue weighted by Gasteiger charge is -2.26. The molecule has 1 aliphatic rings. The molecule has 0 radical (unpaired) electrons. The summed E-state index contributed by atoms with van der Waals surface area (Å²) in [6.07, 6.45) is -2.61. The Morgan fingerprint density at radius 3 is 2.74 bits per heavy atom. The van der Waals surface area contributed by atoms with Gasteiger partial charge in [0, 0.05) is 12.6 Å². The molecule has 23 heavy (non-hydrogen) atoms. The second kappa shape index (κ2) is 6.02. The summed E-state index contributed by atoms with van der Waals surface area (Å²) in [5.41, 5.74) is 7.15. The maximum Gasteiger partial charge on any atom is 0.161 e. The number of aliphatic hydroxyl groups excluding tert-OH is 4. The Labute approximate surface area is 132 Å². The maximum absolute atomic E-state index is 10.4. The zero-order valence-electron chi connectivity index (χ0n) is 12.6. The molecule has 0 saturated carbocycles. The first-order valence-electron chi connectivity index (χ1n) is 7.32. The fourth-order valence-electron chi connectivity index (χ4n) is 3.00. The molecule has 2 aromatic rings. The molecule has 0 bridgehead atoms. The molecule has 1 fully saturated rings. The molecule has 1 aliphatic heterocycles. The first-order chi connectivity index (χ1) is 10.9. The van der Waals surface area contributed by atoms with Crippen LogP contribution in [0.1, 0.15) is 18.2 Å². The highest BCUT2D eigenvalue weighted by molar-refractivity contribution is 5.89. The van der Waals surface area contributed by atoms with Crippen LogP contribution in [0, 0.1) is 6.92 Å². The van der Waals surface area contributed by atoms with Gasteiger partial charge in [-0.25, -0.2) is 9.97 Å². The van der Waals surface area contributed by atoms with Gasteiger partial charge in [-0.1, -0.05) is 0 Å². The number of hydrogen-bond donors (Lipinski definition) is 5. The summed E-state index contributed by atoms with van der Waals surface area (Å²) in [6.45, 7) is 1.34. The molecule has 0 aromatic carbocycles. The number of aliphatic hydroxyl groups is 4. The van der Waals surface area contributed by atoms with Gasteiger partial charge >= 0.3 is 0 Å². The van der Waals surface area contributed by atoms with Crippen LogP contribution >= 0.6 is 0 Å². The molecule has 9 heteroatoms. The molecule has 0 spiro atoms. The summed E-state index contributed by atoms with van der Waals surface area (Å²) in [4.78, 5) is 8.13. The van der Waals surface area contributed by atoms with Crippen LogP contribution in [0.3, 0.4) is 0 Å². The minimum absolute atomic E-state index is 0.0956. The number of fused-ring (bicyclic) bond motifs is 1. The summed E-state index contributed by atoms with van der Waals surface area (Å²) in [5.74, 6) is 0.313. The lowest BCUT2D eigenvalue weighted by molar-refractivity contribution is -0.146. The predicted molar refractivity (Wildman–Crippen MR) is 80.3 cm³/mol. The van der Waals surface area contributed by atoms with Crippen molar-refractivity contribution in [3.63, 3.8) is 0 Å². The lowest BCUT2D eigenvalue weighted by Crippen LogP contribution is -2.39. The van der Waals surface area contributed by atoms with Crippen molar-refractivity contribution in [2.45, 2.75) is 44.0 Å². The SMILES string of the molecule is Cc1cn([C@@H]2O[C@H](CO)[C@@H](O)[C@H](O)C[C@H]2O)c2ncnc(N)c12. The third-order valence-corrected chi connectivity index (χ3v) is 4.18. The average molecular weight is 324 g/mol. The van der Waals surface area contributed by atoms with E-state index in [4.69, 9.17) is 10.5 Å². The number of nitrogen functional groups attached to an aromatic ring is 1. The number of nitrogens with zero attached hydrogens (tertiary/aromatic N) is 3. The van der Waals surface area contributed by atoms with Gasteiger partial charge in [-0.15, -0.1) is 0 Å². The molecule has 2 aromatic heterocycles. The van der Waals surface area contributed by atoms with Crippen LogP contribution in [0.15, 0.2) is 12.5 Å². The molecule has 5 atom stereocenters. The quantitative estimate of drug-likeness (QED) is 0.457. The van der Waals surface area contributed by atoms with Gasteiger partial charge in [0.2, 0.25) is 0 Å². The number of ether oxygens (including phenoxy) is 1. The highest BCUT2D eigenvalue weighted by Gasteiger charge is 2.39. The normalized spacial score (nSPS) is 32.1. The second-order valence-electron chi connectivity index (χ2n) is 5.79. The monoisotopic (exact) mass is 324 g/mol. The number of aromatic nitrogens is 3. The Balaban J connectivity index is 2.08. The molecular weight excluding hydrogens is 304 g/mol. The minimum atomic E-state index is -1.29. The highest BCUT2D eigenvalue weighted by atomic mass is 16.5. The van der Waals surface area contributed by atoms with Crippen LogP contribution in [-0.2, 0) is 4.74 Å². The Morgan fingerprint density at radius 1 is 1.30 bits per heavy atom. The summed E-state index contributed by atoms with van der Waals surface area (Å²) >= 11 is 0. The zero-order valence-corrected chi connectivity index (χ0v) is 12.6. The van der Waals surface area contributed by atoms with Gasteiger partial charge in [0.15, 0.2) is 6.23 Å². The number of hydrogen-bond acceptors (Lipinski definition) is 8. The van der Waals surface area contributed by atoms with Crippen LogP contribution in [0.4, 0.5) is 5.82 Å². The van der Waals surface area contributed by atoms with Gasteiger partial charge in [0.25, 0.3) is 0 Å². The molecule has 3 heterocycles. The zero-order chi connectivity index (χ0) is 16.7. The lowest BCUT2D eigenvalue weighted by atomic mass is 10.0. The van der Waals surface area contributed by atoms with Gasteiger partial charge in [-0.05, 0) is 12.5 Å². The molecule has 9 nitrogen and oxygen atoms in total. The van der Waals surface area contributed by atoms with E-state index in [1.807, 2.05) is 6.92 Å². The van der Waals surface area contributed by atoms with Gasteiger partial charge < -0.3 is 35.5 Å². The molecule has 0 amide bonds. The Hall–Kier alpha value is -1.78. The maximum atomic E-state index is 10.4. The van der Waals surface area contributed by atoms with Crippen molar-refractivity contribution in [1.29, 1.82) is 0 Å². The van der Waals surface area contributed by atoms with Crippen molar-refractivity contribution in [2.24, 2.45) is 0 Å². The van der Waals surface area contributed by atoms with Crippen molar-refractivity contribution in [3.8, 4) is 0 Å². The van der Waals surface area contributed by atoms with Crippen LogP contribution in [0.25, 0.3) is 11.0 Å². The fraction of sp³-hybridized carbons (Fsp3) is 0.571. The Bertz CT molecular complexity index is 706. The second-order valence-corrected chi connectivity index (χ2v) is 5.79. The molecule has 0 aliphatic carbocycles. The molecule has 126 valence electrons. The van der Waals surface area contributed by atoms with Crippen LogP contribution in [0.2, 0.25) is 0 Å². The molecule has 3 rings (SSSR count). The number of anilines is 1. The van der Waals surface area contributed by atoms with Gasteiger partial charge in [-0.2, -0.15) is 0 Å². The van der Waals surface area contributed by atoms with E-state index in [9.17, 15) is 20.4 Å². The Kier molecular flexibility index (Phi) is 4.21. The summed E-state index contributed by atoms with van der Waals surface area (Å²) in [5, 5.41) is 40.3. The van der Waals surface area contributed by atoms with Crippen molar-refractivity contribution in [1.82, 2.24) is 14.5 Å². The van der Waals surface area contributed by atoms with E-state index in [1.54, 1.807) is 10.8 Å². The smallest absolute Gasteiger partial charge is 0.161 e. The van der Waals surface area contributed by atoms with E-state index in [1.165, 1.54) is 6.33 Å². The number of aryl methyl sites for hydroxylation is 1. The van der Waals surface area contributed by atoms with E-state index in [0.29, 0.717) is 16.9 Å². The summed E-state index contributed by atoms with van der Waals surface area (Å²) < 4.78 is 7.24. The Morgan fingerprint density at radius 2 is 2.04 bits per heavy atom. The van der Waals surface area contributed by atoms with E-state index >= 15 is 0 Å². The third-order valence-electron chi connectivity index (χ3n) is 4.18. The summed E-state index contributed by atoms with van der Waals surface area (Å²) in [6, 6.07) is 0. The van der Waals surface area contributed by atoms with E-state index < -0.39 is 37.3 Å². The fourth-order valence-corrected chi connectivity index (χ4v) is 3.00. The van der Waals surface area contributed by atoms with Crippen molar-refractivity contribution in [3.05, 3.63) is 18.1 Å². The topological polar surface area (TPSA) is 147 Å². The van der Waals surface area contributed by atoms with E-state index in [0.717, 1.165) is 5.56 Å². The first kappa shape index (κ1) is 16.1. The van der Waals surface area contributed by atoms with E-state index in [-0.39, 0.29) is 6.42 Å². The van der Waals surface area contributed by atoms with Crippen molar-refractivity contribution >= 4 is 16.9 Å². The first-order valence-corrected chi connectivity index (χ1v) is 7.32. The molecule has 0 unspecified atom stereocenters. The van der Waals surface area contributed by atoms with Crippen LogP contribution in [0.5, 0.6) is 0 Å². The van der Waals surface area contributed by atoms with Crippen molar-refractivity contribution < 1.29 is 25.2 Å². The standard InChI is InChI=1S/C14H20N4O5/c1-6-3-18(13-10(6)12(15)16-5-17-13)14-8(21)2-7(20)11(22)9(4-19)23-14/h3,5,7-9,11,14,19-22H,2,4H2,1H3,(H2,15,16,17)/t7-,8-,9-,11+,14-/m1/s1. The van der Waals surface area contributed by atoms with Crippen molar-refractivity contribution in [2.75, 3.05) is 12.3 Å². The van der Waals surface area contributed by atoms with Crippen LogP contribution < -0.4 is 5.73 Å². The third kappa shape index (κ3) is 2.66. The van der Waals surface area contributed by atoms with Crippen LogP contribution in [-0.4, -0.2) is 66.0 Å². The number of nitrogens with two attached hydrogens (primary N) is 1. The molecule has 1 saturated heterocycles.